The Labute approximate surface area is 85.6 Å². The Morgan fingerprint density at radius 3 is 2.64 bits per heavy atom. The summed E-state index contributed by atoms with van der Waals surface area (Å²) in [6, 6.07) is 8.51. The molecule has 0 aromatic heterocycles. The van der Waals surface area contributed by atoms with Gasteiger partial charge in [-0.25, -0.2) is 0 Å². The van der Waals surface area contributed by atoms with Crippen LogP contribution in [-0.4, -0.2) is 0 Å². The SMILES string of the molecule is C=Cc1ccccc1C(N)C1CCC1. The van der Waals surface area contributed by atoms with E-state index >= 15 is 0 Å². The van der Waals surface area contributed by atoms with E-state index < -0.39 is 0 Å². The third-order valence-corrected chi connectivity index (χ3v) is 3.23. The summed E-state index contributed by atoms with van der Waals surface area (Å²) >= 11 is 0. The smallest absolute Gasteiger partial charge is 0.0329 e. The van der Waals surface area contributed by atoms with E-state index in [4.69, 9.17) is 5.73 Å². The summed E-state index contributed by atoms with van der Waals surface area (Å²) in [6.07, 6.45) is 5.81. The average molecular weight is 187 g/mol. The zero-order chi connectivity index (χ0) is 9.97. The lowest BCUT2D eigenvalue weighted by Crippen LogP contribution is -2.27. The molecule has 0 heterocycles. The zero-order valence-corrected chi connectivity index (χ0v) is 8.45. The van der Waals surface area contributed by atoms with Crippen LogP contribution in [0.5, 0.6) is 0 Å². The van der Waals surface area contributed by atoms with Crippen molar-refractivity contribution in [2.45, 2.75) is 25.3 Å². The molecule has 0 aliphatic heterocycles. The van der Waals surface area contributed by atoms with Crippen molar-refractivity contribution < 1.29 is 0 Å². The van der Waals surface area contributed by atoms with Gasteiger partial charge in [0.2, 0.25) is 0 Å². The molecular formula is C13H17N. The average Bonchev–Trinajstić information content (AvgIpc) is 2.15. The lowest BCUT2D eigenvalue weighted by atomic mass is 9.77. The van der Waals surface area contributed by atoms with Crippen LogP contribution < -0.4 is 5.73 Å². The van der Waals surface area contributed by atoms with Crippen molar-refractivity contribution in [1.82, 2.24) is 0 Å². The molecule has 1 unspecified atom stereocenters. The standard InChI is InChI=1S/C13H17N/c1-2-10-6-3-4-9-12(10)13(14)11-7-5-8-11/h2-4,6,9,11,13H,1,5,7-8,14H2. The highest BCUT2D eigenvalue weighted by Crippen LogP contribution is 2.37. The normalized spacial score (nSPS) is 18.6. The molecule has 1 nitrogen and oxygen atoms in total. The van der Waals surface area contributed by atoms with E-state index in [0.717, 1.165) is 0 Å². The maximum Gasteiger partial charge on any atom is 0.0329 e. The van der Waals surface area contributed by atoms with Gasteiger partial charge >= 0.3 is 0 Å². The predicted molar refractivity (Wildman–Crippen MR) is 60.8 cm³/mol. The molecule has 1 aromatic rings. The minimum atomic E-state index is 0.206. The Bertz CT molecular complexity index is 326. The lowest BCUT2D eigenvalue weighted by Gasteiger charge is -2.32. The van der Waals surface area contributed by atoms with Gasteiger partial charge in [-0.3, -0.25) is 0 Å². The molecule has 0 amide bonds. The number of benzene rings is 1. The fourth-order valence-electron chi connectivity index (χ4n) is 2.05. The van der Waals surface area contributed by atoms with Crippen molar-refractivity contribution in [3.05, 3.63) is 42.0 Å². The Hall–Kier alpha value is -1.08. The van der Waals surface area contributed by atoms with Gasteiger partial charge in [-0.2, -0.15) is 0 Å². The van der Waals surface area contributed by atoms with Crippen molar-refractivity contribution in [3.8, 4) is 0 Å². The zero-order valence-electron chi connectivity index (χ0n) is 8.45. The number of rotatable bonds is 3. The van der Waals surface area contributed by atoms with Gasteiger partial charge < -0.3 is 5.73 Å². The second kappa shape index (κ2) is 3.97. The van der Waals surface area contributed by atoms with Gasteiger partial charge in [0, 0.05) is 6.04 Å². The van der Waals surface area contributed by atoms with E-state index in [9.17, 15) is 0 Å². The number of hydrogen-bond acceptors (Lipinski definition) is 1. The predicted octanol–water partition coefficient (Wildman–Crippen LogP) is 3.13. The molecule has 1 fully saturated rings. The second-order valence-corrected chi connectivity index (χ2v) is 4.05. The maximum absolute atomic E-state index is 6.23. The first-order valence-corrected chi connectivity index (χ1v) is 5.30. The van der Waals surface area contributed by atoms with E-state index in [0.29, 0.717) is 5.92 Å². The van der Waals surface area contributed by atoms with Crippen LogP contribution in [-0.2, 0) is 0 Å². The Balaban J connectivity index is 2.24. The van der Waals surface area contributed by atoms with Crippen LogP contribution in [0.4, 0.5) is 0 Å². The minimum Gasteiger partial charge on any atom is -0.324 e. The van der Waals surface area contributed by atoms with Gasteiger partial charge in [-0.1, -0.05) is 43.3 Å². The molecule has 2 rings (SSSR count). The van der Waals surface area contributed by atoms with Gasteiger partial charge in [0.05, 0.1) is 0 Å². The van der Waals surface area contributed by atoms with E-state index in [1.807, 2.05) is 12.1 Å². The Morgan fingerprint density at radius 1 is 1.36 bits per heavy atom. The molecule has 0 radical (unpaired) electrons. The van der Waals surface area contributed by atoms with E-state index in [1.165, 1.54) is 30.4 Å². The summed E-state index contributed by atoms with van der Waals surface area (Å²) in [4.78, 5) is 0. The molecule has 1 saturated carbocycles. The molecule has 0 spiro atoms. The summed E-state index contributed by atoms with van der Waals surface area (Å²) in [7, 11) is 0. The van der Waals surface area contributed by atoms with E-state index in [1.54, 1.807) is 0 Å². The first-order chi connectivity index (χ1) is 6.83. The topological polar surface area (TPSA) is 26.0 Å². The van der Waals surface area contributed by atoms with Crippen molar-refractivity contribution in [2.24, 2.45) is 11.7 Å². The van der Waals surface area contributed by atoms with Crippen molar-refractivity contribution in [1.29, 1.82) is 0 Å². The maximum atomic E-state index is 6.23. The van der Waals surface area contributed by atoms with E-state index in [2.05, 4.69) is 24.8 Å². The van der Waals surface area contributed by atoms with Crippen LogP contribution in [0.1, 0.15) is 36.4 Å². The Morgan fingerprint density at radius 2 is 2.07 bits per heavy atom. The van der Waals surface area contributed by atoms with Crippen molar-refractivity contribution in [2.75, 3.05) is 0 Å². The van der Waals surface area contributed by atoms with Gasteiger partial charge in [-0.15, -0.1) is 0 Å². The van der Waals surface area contributed by atoms with Gasteiger partial charge in [-0.05, 0) is 29.9 Å². The molecule has 1 atom stereocenters. The van der Waals surface area contributed by atoms with Crippen LogP contribution in [0.15, 0.2) is 30.8 Å². The number of nitrogens with two attached hydrogens (primary N) is 1. The van der Waals surface area contributed by atoms with Gasteiger partial charge in [0.15, 0.2) is 0 Å². The first-order valence-electron chi connectivity index (χ1n) is 5.30. The van der Waals surface area contributed by atoms with Crippen LogP contribution in [0.3, 0.4) is 0 Å². The molecule has 1 aromatic carbocycles. The third kappa shape index (κ3) is 1.60. The third-order valence-electron chi connectivity index (χ3n) is 3.23. The minimum absolute atomic E-state index is 0.206. The molecule has 1 heteroatoms. The molecule has 0 bridgehead atoms. The summed E-state index contributed by atoms with van der Waals surface area (Å²) in [5, 5.41) is 0. The molecule has 1 aliphatic rings. The van der Waals surface area contributed by atoms with Gasteiger partial charge in [0.1, 0.15) is 0 Å². The quantitative estimate of drug-likeness (QED) is 0.773. The van der Waals surface area contributed by atoms with Crippen molar-refractivity contribution >= 4 is 6.08 Å². The van der Waals surface area contributed by atoms with Crippen LogP contribution in [0.2, 0.25) is 0 Å². The van der Waals surface area contributed by atoms with Crippen LogP contribution in [0, 0.1) is 5.92 Å². The molecule has 2 N–H and O–H groups in total. The summed E-state index contributed by atoms with van der Waals surface area (Å²) in [6.45, 7) is 3.82. The van der Waals surface area contributed by atoms with E-state index in [-0.39, 0.29) is 6.04 Å². The fraction of sp³-hybridized carbons (Fsp3) is 0.385. The number of hydrogen-bond donors (Lipinski definition) is 1. The van der Waals surface area contributed by atoms with Crippen molar-refractivity contribution in [3.63, 3.8) is 0 Å². The highest BCUT2D eigenvalue weighted by molar-refractivity contribution is 5.52. The molecule has 74 valence electrons. The monoisotopic (exact) mass is 187 g/mol. The lowest BCUT2D eigenvalue weighted by molar-refractivity contribution is 0.264. The summed E-state index contributed by atoms with van der Waals surface area (Å²) < 4.78 is 0. The molecular weight excluding hydrogens is 170 g/mol. The fourth-order valence-corrected chi connectivity index (χ4v) is 2.05. The summed E-state index contributed by atoms with van der Waals surface area (Å²) in [5.41, 5.74) is 8.67. The largest absolute Gasteiger partial charge is 0.324 e. The molecule has 0 saturated heterocycles. The first kappa shape index (κ1) is 9.47. The highest BCUT2D eigenvalue weighted by Gasteiger charge is 2.26. The molecule has 1 aliphatic carbocycles. The van der Waals surface area contributed by atoms with Gasteiger partial charge in [0.25, 0.3) is 0 Å². The highest BCUT2D eigenvalue weighted by atomic mass is 14.7. The molecule has 14 heavy (non-hydrogen) atoms. The van der Waals surface area contributed by atoms with Crippen LogP contribution in [0.25, 0.3) is 6.08 Å². The Kier molecular flexibility index (Phi) is 2.69. The second-order valence-electron chi connectivity index (χ2n) is 4.05. The van der Waals surface area contributed by atoms with Crippen LogP contribution >= 0.6 is 0 Å². The summed E-state index contributed by atoms with van der Waals surface area (Å²) in [5.74, 6) is 0.691.